The summed E-state index contributed by atoms with van der Waals surface area (Å²) in [6.45, 7) is 0. The Morgan fingerprint density at radius 3 is 3.06 bits per heavy atom. The summed E-state index contributed by atoms with van der Waals surface area (Å²) in [7, 11) is 0. The van der Waals surface area contributed by atoms with Crippen molar-refractivity contribution in [1.29, 1.82) is 0 Å². The van der Waals surface area contributed by atoms with Crippen LogP contribution >= 0.6 is 23.4 Å². The summed E-state index contributed by atoms with van der Waals surface area (Å²) in [6, 6.07) is 6.95. The third kappa shape index (κ3) is 2.77. The van der Waals surface area contributed by atoms with Crippen molar-refractivity contribution in [2.45, 2.75) is 12.5 Å². The minimum atomic E-state index is -0.853. The third-order valence-electron chi connectivity index (χ3n) is 2.24. The van der Waals surface area contributed by atoms with Crippen LogP contribution in [0.1, 0.15) is 5.56 Å². The van der Waals surface area contributed by atoms with Crippen LogP contribution in [-0.2, 0) is 11.2 Å². The number of benzene rings is 1. The summed E-state index contributed by atoms with van der Waals surface area (Å²) in [6.07, 6.45) is 0.662. The average Bonchev–Trinajstić information content (AvgIpc) is 2.66. The smallest absolute Gasteiger partial charge is 0.329 e. The first-order valence-electron chi connectivity index (χ1n) is 4.82. The molecule has 1 atom stereocenters. The molecule has 1 aliphatic heterocycles. The van der Waals surface area contributed by atoms with Gasteiger partial charge in [-0.25, -0.2) is 4.79 Å². The van der Waals surface area contributed by atoms with Gasteiger partial charge in [0.15, 0.2) is 6.04 Å². The number of aliphatic carboxylic acids is 1. The van der Waals surface area contributed by atoms with E-state index in [-0.39, 0.29) is 0 Å². The predicted octanol–water partition coefficient (Wildman–Crippen LogP) is 2.48. The number of hydrogen-bond donors (Lipinski definition) is 1. The van der Waals surface area contributed by atoms with Crippen molar-refractivity contribution in [3.63, 3.8) is 0 Å². The van der Waals surface area contributed by atoms with Gasteiger partial charge in [-0.2, -0.15) is 0 Å². The summed E-state index contributed by atoms with van der Waals surface area (Å²) < 4.78 is 0. The summed E-state index contributed by atoms with van der Waals surface area (Å²) in [4.78, 5) is 14.9. The van der Waals surface area contributed by atoms with E-state index in [1.807, 2.05) is 24.3 Å². The maximum absolute atomic E-state index is 10.7. The van der Waals surface area contributed by atoms with E-state index in [0.717, 1.165) is 10.6 Å². The molecule has 84 valence electrons. The van der Waals surface area contributed by atoms with Crippen molar-refractivity contribution >= 4 is 34.4 Å². The van der Waals surface area contributed by atoms with Crippen molar-refractivity contribution in [3.05, 3.63) is 34.9 Å². The van der Waals surface area contributed by atoms with Crippen LogP contribution in [0.4, 0.5) is 0 Å². The molecule has 16 heavy (non-hydrogen) atoms. The summed E-state index contributed by atoms with van der Waals surface area (Å²) in [5.41, 5.74) is 1.06. The number of carbonyl (C=O) groups is 1. The fraction of sp³-hybridized carbons (Fsp3) is 0.273. The van der Waals surface area contributed by atoms with Gasteiger partial charge in [0.2, 0.25) is 0 Å². The molecular formula is C11H10ClNO2S. The number of carboxylic acids is 1. The number of nitrogens with zero attached hydrogens (tertiary/aromatic N) is 1. The number of thioether (sulfide) groups is 1. The van der Waals surface area contributed by atoms with E-state index >= 15 is 0 Å². The first kappa shape index (κ1) is 11.5. The molecular weight excluding hydrogens is 246 g/mol. The Kier molecular flexibility index (Phi) is 3.51. The molecule has 1 aromatic rings. The van der Waals surface area contributed by atoms with Crippen molar-refractivity contribution in [3.8, 4) is 0 Å². The van der Waals surface area contributed by atoms with E-state index in [2.05, 4.69) is 4.99 Å². The first-order chi connectivity index (χ1) is 7.65. The number of halogens is 1. The second kappa shape index (κ2) is 4.89. The zero-order chi connectivity index (χ0) is 11.5. The molecule has 0 aliphatic carbocycles. The number of aliphatic imine (C=N–C) groups is 1. The Balaban J connectivity index is 2.06. The van der Waals surface area contributed by atoms with Crippen molar-refractivity contribution in [1.82, 2.24) is 0 Å². The SMILES string of the molecule is O=C(O)[C@@H]1CSC(Cc2cccc(Cl)c2)=N1. The zero-order valence-corrected chi connectivity index (χ0v) is 9.96. The fourth-order valence-corrected chi connectivity index (χ4v) is 2.72. The second-order valence-electron chi connectivity index (χ2n) is 3.49. The van der Waals surface area contributed by atoms with Gasteiger partial charge in [-0.15, -0.1) is 11.8 Å². The normalized spacial score (nSPS) is 19.6. The number of carboxylic acid groups (broad SMARTS) is 1. The van der Waals surface area contributed by atoms with E-state index in [1.165, 1.54) is 11.8 Å². The van der Waals surface area contributed by atoms with E-state index in [1.54, 1.807) is 0 Å². The van der Waals surface area contributed by atoms with Crippen molar-refractivity contribution in [2.75, 3.05) is 5.75 Å². The van der Waals surface area contributed by atoms with Crippen LogP contribution in [-0.4, -0.2) is 27.9 Å². The quantitative estimate of drug-likeness (QED) is 0.903. The van der Waals surface area contributed by atoms with Gasteiger partial charge >= 0.3 is 5.97 Å². The summed E-state index contributed by atoms with van der Waals surface area (Å²) in [5, 5.41) is 10.4. The molecule has 3 nitrogen and oxygen atoms in total. The Morgan fingerprint density at radius 2 is 2.44 bits per heavy atom. The zero-order valence-electron chi connectivity index (χ0n) is 8.39. The molecule has 1 heterocycles. The minimum Gasteiger partial charge on any atom is -0.480 e. The van der Waals surface area contributed by atoms with Crippen LogP contribution in [0, 0.1) is 0 Å². The molecule has 0 saturated heterocycles. The van der Waals surface area contributed by atoms with Gasteiger partial charge in [-0.1, -0.05) is 23.7 Å². The van der Waals surface area contributed by atoms with Gasteiger partial charge in [0.25, 0.3) is 0 Å². The Morgan fingerprint density at radius 1 is 1.62 bits per heavy atom. The number of hydrogen-bond acceptors (Lipinski definition) is 3. The van der Waals surface area contributed by atoms with E-state index in [4.69, 9.17) is 16.7 Å². The van der Waals surface area contributed by atoms with Crippen LogP contribution in [0.5, 0.6) is 0 Å². The molecule has 0 radical (unpaired) electrons. The lowest BCUT2D eigenvalue weighted by Crippen LogP contribution is -2.17. The maximum atomic E-state index is 10.7. The largest absolute Gasteiger partial charge is 0.480 e. The van der Waals surface area contributed by atoms with Gasteiger partial charge in [-0.05, 0) is 17.7 Å². The maximum Gasteiger partial charge on any atom is 0.329 e. The molecule has 0 bridgehead atoms. The van der Waals surface area contributed by atoms with Crippen molar-refractivity contribution < 1.29 is 9.90 Å². The second-order valence-corrected chi connectivity index (χ2v) is 5.02. The van der Waals surface area contributed by atoms with Crippen LogP contribution in [0.25, 0.3) is 0 Å². The Hall–Kier alpha value is -1.00. The van der Waals surface area contributed by atoms with E-state index in [0.29, 0.717) is 17.2 Å². The molecule has 0 amide bonds. The van der Waals surface area contributed by atoms with Gasteiger partial charge in [0.05, 0.1) is 5.04 Å². The Bertz CT molecular complexity index is 447. The topological polar surface area (TPSA) is 49.7 Å². The molecule has 1 aromatic carbocycles. The van der Waals surface area contributed by atoms with Crippen LogP contribution in [0.15, 0.2) is 29.3 Å². The lowest BCUT2D eigenvalue weighted by Gasteiger charge is -2.00. The molecule has 0 unspecified atom stereocenters. The minimum absolute atomic E-state index is 0.533. The van der Waals surface area contributed by atoms with E-state index < -0.39 is 12.0 Å². The summed E-state index contributed by atoms with van der Waals surface area (Å²) in [5.74, 6) is -0.320. The molecule has 0 fully saturated rings. The van der Waals surface area contributed by atoms with Crippen LogP contribution < -0.4 is 0 Å². The molecule has 0 spiro atoms. The molecule has 5 heteroatoms. The lowest BCUT2D eigenvalue weighted by molar-refractivity contribution is -0.137. The highest BCUT2D eigenvalue weighted by Crippen LogP contribution is 2.22. The molecule has 0 aromatic heterocycles. The molecule has 1 N–H and O–H groups in total. The monoisotopic (exact) mass is 255 g/mol. The molecule has 2 rings (SSSR count). The van der Waals surface area contributed by atoms with Gasteiger partial charge in [0.1, 0.15) is 0 Å². The number of rotatable bonds is 3. The highest BCUT2D eigenvalue weighted by atomic mass is 35.5. The highest BCUT2D eigenvalue weighted by Gasteiger charge is 2.24. The van der Waals surface area contributed by atoms with Crippen molar-refractivity contribution in [2.24, 2.45) is 4.99 Å². The molecule has 0 saturated carbocycles. The van der Waals surface area contributed by atoms with Gasteiger partial charge in [0, 0.05) is 17.2 Å². The molecule has 1 aliphatic rings. The van der Waals surface area contributed by atoms with Crippen LogP contribution in [0.2, 0.25) is 5.02 Å². The van der Waals surface area contributed by atoms with Gasteiger partial charge in [-0.3, -0.25) is 4.99 Å². The highest BCUT2D eigenvalue weighted by molar-refractivity contribution is 8.14. The fourth-order valence-electron chi connectivity index (χ4n) is 1.47. The average molecular weight is 256 g/mol. The third-order valence-corrected chi connectivity index (χ3v) is 3.54. The van der Waals surface area contributed by atoms with E-state index in [9.17, 15) is 4.79 Å². The van der Waals surface area contributed by atoms with Crippen LogP contribution in [0.3, 0.4) is 0 Å². The summed E-state index contributed by atoms with van der Waals surface area (Å²) >= 11 is 7.37. The first-order valence-corrected chi connectivity index (χ1v) is 6.18. The standard InChI is InChI=1S/C11H10ClNO2S/c12-8-3-1-2-7(4-8)5-10-13-9(6-16-10)11(14)15/h1-4,9H,5-6H2,(H,14,15)/t9-/m0/s1. The lowest BCUT2D eigenvalue weighted by atomic mass is 10.2. The Labute approximate surface area is 103 Å². The van der Waals surface area contributed by atoms with Gasteiger partial charge < -0.3 is 5.11 Å². The predicted molar refractivity (Wildman–Crippen MR) is 66.5 cm³/mol.